The van der Waals surface area contributed by atoms with Crippen molar-refractivity contribution in [1.29, 1.82) is 0 Å². The van der Waals surface area contributed by atoms with Gasteiger partial charge >= 0.3 is 0 Å². The molecular formula is C25H33Cl2N3O5S. The SMILES string of the molecule is CCCNC(=O)[C@H](C)N(Cc1ccc(Cl)c(Cl)c1)C(=O)CCCN(c1ccc(OC)cc1)S(C)(=O)=O. The minimum Gasteiger partial charge on any atom is -0.497 e. The van der Waals surface area contributed by atoms with Gasteiger partial charge in [0.15, 0.2) is 0 Å². The summed E-state index contributed by atoms with van der Waals surface area (Å²) in [5.74, 6) is 0.0697. The van der Waals surface area contributed by atoms with Crippen molar-refractivity contribution in [1.82, 2.24) is 10.2 Å². The maximum absolute atomic E-state index is 13.3. The Kier molecular flexibility index (Phi) is 11.3. The molecule has 0 saturated carbocycles. The third-order valence-electron chi connectivity index (χ3n) is 5.57. The van der Waals surface area contributed by atoms with E-state index in [-0.39, 0.29) is 37.7 Å². The van der Waals surface area contributed by atoms with Crippen LogP contribution in [0.4, 0.5) is 5.69 Å². The van der Waals surface area contributed by atoms with E-state index in [1.165, 1.54) is 16.3 Å². The molecule has 36 heavy (non-hydrogen) atoms. The van der Waals surface area contributed by atoms with Crippen molar-refractivity contribution < 1.29 is 22.7 Å². The molecule has 0 unspecified atom stereocenters. The highest BCUT2D eigenvalue weighted by molar-refractivity contribution is 7.92. The Hall–Kier alpha value is -2.49. The van der Waals surface area contributed by atoms with Crippen LogP contribution in [0.1, 0.15) is 38.7 Å². The normalized spacial score (nSPS) is 12.1. The van der Waals surface area contributed by atoms with Crippen LogP contribution in [-0.2, 0) is 26.2 Å². The zero-order valence-electron chi connectivity index (χ0n) is 21.0. The van der Waals surface area contributed by atoms with Gasteiger partial charge in [-0.05, 0) is 61.7 Å². The number of sulfonamides is 1. The Bertz CT molecular complexity index is 1140. The van der Waals surface area contributed by atoms with E-state index in [0.29, 0.717) is 28.0 Å². The van der Waals surface area contributed by atoms with Crippen LogP contribution < -0.4 is 14.4 Å². The van der Waals surface area contributed by atoms with Crippen molar-refractivity contribution in [2.24, 2.45) is 0 Å². The van der Waals surface area contributed by atoms with E-state index >= 15 is 0 Å². The fourth-order valence-electron chi connectivity index (χ4n) is 3.57. The van der Waals surface area contributed by atoms with E-state index in [0.717, 1.165) is 18.2 Å². The van der Waals surface area contributed by atoms with E-state index in [4.69, 9.17) is 27.9 Å². The van der Waals surface area contributed by atoms with Crippen LogP contribution in [0.2, 0.25) is 10.0 Å². The van der Waals surface area contributed by atoms with Gasteiger partial charge in [0.05, 0.1) is 29.1 Å². The Labute approximate surface area is 223 Å². The van der Waals surface area contributed by atoms with Gasteiger partial charge in [0.25, 0.3) is 0 Å². The zero-order valence-corrected chi connectivity index (χ0v) is 23.3. The summed E-state index contributed by atoms with van der Waals surface area (Å²) in [6.07, 6.45) is 2.20. The van der Waals surface area contributed by atoms with Crippen LogP contribution in [0.25, 0.3) is 0 Å². The van der Waals surface area contributed by atoms with E-state index < -0.39 is 16.1 Å². The Morgan fingerprint density at radius 1 is 1.08 bits per heavy atom. The monoisotopic (exact) mass is 557 g/mol. The number of carbonyl (C=O) groups is 2. The van der Waals surface area contributed by atoms with Crippen molar-refractivity contribution in [3.05, 3.63) is 58.1 Å². The second-order valence-electron chi connectivity index (χ2n) is 8.37. The lowest BCUT2D eigenvalue weighted by Crippen LogP contribution is -2.47. The number of methoxy groups -OCH3 is 1. The van der Waals surface area contributed by atoms with Gasteiger partial charge in [-0.1, -0.05) is 36.2 Å². The molecule has 11 heteroatoms. The van der Waals surface area contributed by atoms with Crippen LogP contribution in [0.15, 0.2) is 42.5 Å². The molecular weight excluding hydrogens is 525 g/mol. The van der Waals surface area contributed by atoms with Crippen molar-refractivity contribution in [3.63, 3.8) is 0 Å². The minimum atomic E-state index is -3.58. The number of benzene rings is 2. The minimum absolute atomic E-state index is 0.0505. The first-order chi connectivity index (χ1) is 17.0. The molecule has 0 spiro atoms. The summed E-state index contributed by atoms with van der Waals surface area (Å²) in [6.45, 7) is 4.38. The first-order valence-electron chi connectivity index (χ1n) is 11.6. The molecule has 2 rings (SSSR count). The van der Waals surface area contributed by atoms with E-state index in [2.05, 4.69) is 5.32 Å². The Morgan fingerprint density at radius 3 is 2.31 bits per heavy atom. The fourth-order valence-corrected chi connectivity index (χ4v) is 4.85. The molecule has 1 N–H and O–H groups in total. The summed E-state index contributed by atoms with van der Waals surface area (Å²) in [4.78, 5) is 27.4. The second kappa shape index (κ2) is 13.7. The highest BCUT2D eigenvalue weighted by atomic mass is 35.5. The summed E-state index contributed by atoms with van der Waals surface area (Å²) in [5.41, 5.74) is 1.20. The largest absolute Gasteiger partial charge is 0.497 e. The van der Waals surface area contributed by atoms with Crippen LogP contribution >= 0.6 is 23.2 Å². The third-order valence-corrected chi connectivity index (χ3v) is 7.50. The number of nitrogens with one attached hydrogen (secondary N) is 1. The predicted octanol–water partition coefficient (Wildman–Crippen LogP) is 4.49. The molecule has 198 valence electrons. The first kappa shape index (κ1) is 29.7. The number of rotatable bonds is 13. The fraction of sp³-hybridized carbons (Fsp3) is 0.440. The number of hydrogen-bond acceptors (Lipinski definition) is 5. The lowest BCUT2D eigenvalue weighted by molar-refractivity contribution is -0.140. The van der Waals surface area contributed by atoms with Crippen molar-refractivity contribution >= 4 is 50.7 Å². The van der Waals surface area contributed by atoms with E-state index in [9.17, 15) is 18.0 Å². The molecule has 0 bridgehead atoms. The van der Waals surface area contributed by atoms with Crippen LogP contribution in [0.3, 0.4) is 0 Å². The molecule has 2 aromatic carbocycles. The Balaban J connectivity index is 2.17. The maximum Gasteiger partial charge on any atom is 0.242 e. The van der Waals surface area contributed by atoms with Crippen LogP contribution in [0.5, 0.6) is 5.75 Å². The summed E-state index contributed by atoms with van der Waals surface area (Å²) in [7, 11) is -2.05. The zero-order chi connectivity index (χ0) is 26.9. The van der Waals surface area contributed by atoms with Gasteiger partial charge < -0.3 is 15.0 Å². The molecule has 0 radical (unpaired) electrons. The van der Waals surface area contributed by atoms with Crippen LogP contribution in [-0.4, -0.2) is 57.6 Å². The van der Waals surface area contributed by atoms with Gasteiger partial charge in [-0.2, -0.15) is 0 Å². The molecule has 8 nitrogen and oxygen atoms in total. The molecule has 0 aromatic heterocycles. The quantitative estimate of drug-likeness (QED) is 0.391. The molecule has 2 amide bonds. The lowest BCUT2D eigenvalue weighted by Gasteiger charge is -2.29. The second-order valence-corrected chi connectivity index (χ2v) is 11.1. The van der Waals surface area contributed by atoms with Gasteiger partial charge in [-0.15, -0.1) is 0 Å². The predicted molar refractivity (Wildman–Crippen MR) is 144 cm³/mol. The first-order valence-corrected chi connectivity index (χ1v) is 14.2. The molecule has 0 aliphatic carbocycles. The van der Waals surface area contributed by atoms with E-state index in [1.54, 1.807) is 49.4 Å². The van der Waals surface area contributed by atoms with Crippen molar-refractivity contribution in [2.45, 2.75) is 45.7 Å². The average Bonchev–Trinajstić information content (AvgIpc) is 2.84. The molecule has 0 heterocycles. The smallest absolute Gasteiger partial charge is 0.242 e. The maximum atomic E-state index is 13.3. The standard InChI is InChI=1S/C25H33Cl2N3O5S/c1-5-14-28-25(32)18(2)29(17-19-8-13-22(26)23(27)16-19)24(31)7-6-15-30(36(4,33)34)20-9-11-21(35-3)12-10-20/h8-13,16,18H,5-7,14-15,17H2,1-4H3,(H,28,32)/t18-/m0/s1. The number of carbonyl (C=O) groups excluding carboxylic acids is 2. The highest BCUT2D eigenvalue weighted by Crippen LogP contribution is 2.25. The molecule has 0 aliphatic rings. The summed E-state index contributed by atoms with van der Waals surface area (Å²) in [6, 6.07) is 11.0. The van der Waals surface area contributed by atoms with Gasteiger partial charge in [0, 0.05) is 26.1 Å². The molecule has 0 fully saturated rings. The van der Waals surface area contributed by atoms with Gasteiger partial charge in [0.1, 0.15) is 11.8 Å². The summed E-state index contributed by atoms with van der Waals surface area (Å²) in [5, 5.41) is 3.57. The highest BCUT2D eigenvalue weighted by Gasteiger charge is 2.26. The van der Waals surface area contributed by atoms with E-state index in [1.807, 2.05) is 6.92 Å². The molecule has 1 atom stereocenters. The number of anilines is 1. The molecule has 2 aromatic rings. The number of amides is 2. The van der Waals surface area contributed by atoms with Gasteiger partial charge in [0.2, 0.25) is 21.8 Å². The third kappa shape index (κ3) is 8.57. The lowest BCUT2D eigenvalue weighted by atomic mass is 10.1. The topological polar surface area (TPSA) is 96.0 Å². The summed E-state index contributed by atoms with van der Waals surface area (Å²) < 4.78 is 31.2. The molecule has 0 aliphatic heterocycles. The van der Waals surface area contributed by atoms with Crippen molar-refractivity contribution in [2.75, 3.05) is 30.8 Å². The average molecular weight is 559 g/mol. The number of hydrogen-bond donors (Lipinski definition) is 1. The number of ether oxygens (including phenoxy) is 1. The van der Waals surface area contributed by atoms with Gasteiger partial charge in [-0.25, -0.2) is 8.42 Å². The number of halogens is 2. The Morgan fingerprint density at radius 2 is 1.75 bits per heavy atom. The number of nitrogens with zero attached hydrogens (tertiary/aromatic N) is 2. The summed E-state index contributed by atoms with van der Waals surface area (Å²) >= 11 is 12.2. The van der Waals surface area contributed by atoms with Crippen molar-refractivity contribution in [3.8, 4) is 5.75 Å². The molecule has 0 saturated heterocycles. The van der Waals surface area contributed by atoms with Crippen LogP contribution in [0, 0.1) is 0 Å². The van der Waals surface area contributed by atoms with Gasteiger partial charge in [-0.3, -0.25) is 13.9 Å².